The quantitative estimate of drug-likeness (QED) is 0.0255. The topological polar surface area (TPSA) is 193 Å². The predicted octanol–water partition coefficient (Wildman–Crippen LogP) is 19.4. The molecule has 4 saturated carbocycles. The van der Waals surface area contributed by atoms with Crippen LogP contribution < -0.4 is 11.5 Å². The van der Waals surface area contributed by atoms with Crippen LogP contribution in [-0.2, 0) is 44.2 Å². The van der Waals surface area contributed by atoms with E-state index in [1.807, 2.05) is 206 Å². The molecule has 0 saturated heterocycles. The molecular formula is C86H86Br2N2O9S5. The number of thiol groups is 1. The zero-order valence-corrected chi connectivity index (χ0v) is 65.2. The van der Waals surface area contributed by atoms with Crippen LogP contribution in [0, 0.1) is 0 Å². The van der Waals surface area contributed by atoms with Crippen LogP contribution in [0.5, 0.6) is 0 Å². The summed E-state index contributed by atoms with van der Waals surface area (Å²) in [6.45, 7) is 0. The van der Waals surface area contributed by atoms with Crippen molar-refractivity contribution in [2.45, 2.75) is 101 Å². The minimum Gasteiger partial charge on any atom is -0.480 e. The van der Waals surface area contributed by atoms with E-state index >= 15 is 0 Å². The molecule has 14 rings (SSSR count). The number of halogens is 2. The molecular weight excluding hydrogens is 1530 g/mol. The Hall–Kier alpha value is -7.94. The number of carbonyl (C=O) groups is 5. The first kappa shape index (κ1) is 80.2. The maximum absolute atomic E-state index is 13.1. The first-order valence-corrected chi connectivity index (χ1v) is 40.6. The Balaban J connectivity index is 0.000000148. The van der Waals surface area contributed by atoms with Gasteiger partial charge in [-0.05, 0) is 107 Å². The normalized spacial score (nSPS) is 15.2. The van der Waals surface area contributed by atoms with Crippen molar-refractivity contribution in [2.75, 3.05) is 19.5 Å². The van der Waals surface area contributed by atoms with Crippen LogP contribution >= 0.6 is 79.8 Å². The molecule has 0 bridgehead atoms. The van der Waals surface area contributed by atoms with Gasteiger partial charge < -0.3 is 26.0 Å². The monoisotopic (exact) mass is 1610 g/mol. The third-order valence-electron chi connectivity index (χ3n) is 17.9. The average Bonchev–Trinajstić information content (AvgIpc) is 1.59. The van der Waals surface area contributed by atoms with Gasteiger partial charge in [0.25, 0.3) is 0 Å². The number of methoxy groups -OCH3 is 2. The van der Waals surface area contributed by atoms with Crippen LogP contribution in [0.4, 0.5) is 0 Å². The highest BCUT2D eigenvalue weighted by atomic mass is 79.9. The summed E-state index contributed by atoms with van der Waals surface area (Å²) in [5.41, 5.74) is 22.7. The molecule has 0 spiro atoms. The standard InChI is InChI=1S/C18H18O2S.C17H17NO2S.C17H17NOS.C17H16O2S.C13H12S.C4H6Br2O2/c1-20-17(19)18(12-13-18)21-16(14-8-4-2-5-9-14)15-10-6-3-7-11-15;18-16(19)17(11-12-17)21(20)15(13-7-3-1-4-8-13)14-9-5-2-6-10-14;2*18-16(19)17(11-12-17)20-15(13-7-3-1-4-8-13)14-9-5-2-6-10-14;14-13(11-7-3-1-4-8-11)12-9-5-2-6-10-12;1-8-4(7)3(6)2-5/h2-11,16H,12-13H2,1H3;1-10,15H,11-12H2,(H2,18,19);1-10,15H,11-12H2,(H2,18,19);1-10,15H,11-12H2,(H,18,19);1-10,13-14H;3H,2H2,1H3. The lowest BCUT2D eigenvalue weighted by atomic mass is 10.0. The lowest BCUT2D eigenvalue weighted by molar-refractivity contribution is -0.141. The summed E-state index contributed by atoms with van der Waals surface area (Å²) in [6.07, 6.45) is 6.36. The molecule has 4 fully saturated rings. The Labute approximate surface area is 649 Å². The number of nitrogens with two attached hydrogens (primary N) is 2. The van der Waals surface area contributed by atoms with E-state index in [9.17, 15) is 33.3 Å². The van der Waals surface area contributed by atoms with Crippen LogP contribution in [0.3, 0.4) is 0 Å². The van der Waals surface area contributed by atoms with E-state index in [2.05, 4.69) is 146 Å². The molecule has 10 aromatic rings. The summed E-state index contributed by atoms with van der Waals surface area (Å²) >= 11 is 15.8. The Morgan fingerprint density at radius 2 is 0.654 bits per heavy atom. The maximum atomic E-state index is 13.1. The number of ether oxygens (including phenoxy) is 2. The van der Waals surface area contributed by atoms with Crippen molar-refractivity contribution in [2.24, 2.45) is 11.5 Å². The van der Waals surface area contributed by atoms with Crippen molar-refractivity contribution in [1.82, 2.24) is 0 Å². The highest BCUT2D eigenvalue weighted by molar-refractivity contribution is 9.12. The van der Waals surface area contributed by atoms with E-state index in [1.54, 1.807) is 35.3 Å². The number of hydrogen-bond donors (Lipinski definition) is 4. The molecule has 4 aliphatic rings. The van der Waals surface area contributed by atoms with E-state index in [0.717, 1.165) is 60.8 Å². The fourth-order valence-corrected chi connectivity index (χ4v) is 18.6. The van der Waals surface area contributed by atoms with E-state index in [1.165, 1.54) is 47.6 Å². The number of carboxylic acids is 1. The number of amides is 2. The van der Waals surface area contributed by atoms with Crippen molar-refractivity contribution in [3.05, 3.63) is 359 Å². The van der Waals surface area contributed by atoms with Crippen molar-refractivity contribution in [1.29, 1.82) is 0 Å². The summed E-state index contributed by atoms with van der Waals surface area (Å²) in [4.78, 5) is 57.1. The van der Waals surface area contributed by atoms with Gasteiger partial charge in [-0.1, -0.05) is 335 Å². The zero-order chi connectivity index (χ0) is 74.0. The second-order valence-electron chi connectivity index (χ2n) is 25.3. The van der Waals surface area contributed by atoms with Crippen LogP contribution in [0.25, 0.3) is 0 Å². The smallest absolute Gasteiger partial charge is 0.321 e. The third kappa shape index (κ3) is 22.3. The van der Waals surface area contributed by atoms with Crippen LogP contribution in [0.1, 0.15) is 133 Å². The van der Waals surface area contributed by atoms with Gasteiger partial charge in [0.1, 0.15) is 19.1 Å². The van der Waals surface area contributed by atoms with E-state index < -0.39 is 32.2 Å². The SMILES string of the molecule is COC(=O)C(Br)CBr.COC(=O)C1(SC(c2ccccc2)c2ccccc2)CC1.NC(=O)C1(S(=O)C(c2ccccc2)c2ccccc2)CC1.NC(=O)C1(SC(c2ccccc2)c2ccccc2)CC1.O=C(O)C1(SC(c2ccccc2)c2ccccc2)CC1.SC(c1ccccc1)c1ccccc1. The number of aliphatic carboxylic acids is 1. The second-order valence-corrected chi connectivity index (χ2v) is 33.9. The first-order chi connectivity index (χ1) is 50.4. The molecule has 0 radical (unpaired) electrons. The van der Waals surface area contributed by atoms with Gasteiger partial charge in [0.05, 0.1) is 45.2 Å². The average molecular weight is 1610 g/mol. The molecule has 2 atom stereocenters. The fourth-order valence-electron chi connectivity index (χ4n) is 11.4. The minimum absolute atomic E-state index is 0.0796. The van der Waals surface area contributed by atoms with Crippen LogP contribution in [0.15, 0.2) is 303 Å². The number of carboxylic acid groups (broad SMARTS) is 1. The molecule has 11 nitrogen and oxygen atoms in total. The molecule has 0 heterocycles. The Morgan fingerprint density at radius 3 is 0.856 bits per heavy atom. The zero-order valence-electron chi connectivity index (χ0n) is 57.9. The van der Waals surface area contributed by atoms with Crippen molar-refractivity contribution >= 4 is 120 Å². The number of hydrogen-bond acceptors (Lipinski definition) is 12. The highest BCUT2D eigenvalue weighted by Crippen LogP contribution is 2.58. The number of alkyl halides is 2. The summed E-state index contributed by atoms with van der Waals surface area (Å²) in [6, 6.07) is 102. The van der Waals surface area contributed by atoms with Gasteiger partial charge in [-0.2, -0.15) is 12.6 Å². The molecule has 104 heavy (non-hydrogen) atoms. The summed E-state index contributed by atoms with van der Waals surface area (Å²) in [7, 11) is 1.47. The van der Waals surface area contributed by atoms with Crippen LogP contribution in [0.2, 0.25) is 0 Å². The molecule has 0 aliphatic heterocycles. The van der Waals surface area contributed by atoms with Gasteiger partial charge in [-0.3, -0.25) is 28.2 Å². The second kappa shape index (κ2) is 39.4. The summed E-state index contributed by atoms with van der Waals surface area (Å²) in [5.74, 6) is -1.65. The minimum atomic E-state index is -1.36. The van der Waals surface area contributed by atoms with E-state index in [4.69, 9.17) is 16.2 Å². The summed E-state index contributed by atoms with van der Waals surface area (Å²) < 4.78 is 20.3. The van der Waals surface area contributed by atoms with Gasteiger partial charge in [0.15, 0.2) is 0 Å². The Morgan fingerprint density at radius 1 is 0.404 bits per heavy atom. The lowest BCUT2D eigenvalue weighted by Gasteiger charge is -2.22. The maximum Gasteiger partial charge on any atom is 0.321 e. The number of carbonyl (C=O) groups excluding carboxylic acids is 4. The molecule has 5 N–H and O–H groups in total. The third-order valence-corrected chi connectivity index (χ3v) is 28.6. The fraction of sp³-hybridized carbons (Fsp3) is 0.244. The summed E-state index contributed by atoms with van der Waals surface area (Å²) in [5, 5.41) is 10.3. The van der Waals surface area contributed by atoms with Crippen molar-refractivity contribution < 1.29 is 42.8 Å². The van der Waals surface area contributed by atoms with E-state index in [-0.39, 0.29) is 58.4 Å². The lowest BCUT2D eigenvalue weighted by Crippen LogP contribution is -2.37. The number of primary amides is 2. The largest absolute Gasteiger partial charge is 0.480 e. The van der Waals surface area contributed by atoms with Gasteiger partial charge >= 0.3 is 17.9 Å². The van der Waals surface area contributed by atoms with Gasteiger partial charge in [-0.15, -0.1) is 35.3 Å². The molecule has 10 aromatic carbocycles. The predicted molar refractivity (Wildman–Crippen MR) is 438 cm³/mol. The van der Waals surface area contributed by atoms with Gasteiger partial charge in [0, 0.05) is 16.1 Å². The molecule has 2 unspecified atom stereocenters. The molecule has 18 heteroatoms. The first-order valence-electron chi connectivity index (χ1n) is 34.2. The van der Waals surface area contributed by atoms with Crippen molar-refractivity contribution in [3.8, 4) is 0 Å². The Bertz CT molecular complexity index is 4000. The van der Waals surface area contributed by atoms with Crippen molar-refractivity contribution in [3.63, 3.8) is 0 Å². The van der Waals surface area contributed by atoms with E-state index in [0.29, 0.717) is 18.2 Å². The molecule has 0 aromatic heterocycles. The molecule has 2 amide bonds. The number of thioether (sulfide) groups is 3. The number of benzene rings is 10. The number of rotatable bonds is 24. The molecule has 4 aliphatic carbocycles. The Kier molecular flexibility index (Phi) is 30.4. The van der Waals surface area contributed by atoms with Gasteiger partial charge in [-0.25, -0.2) is 0 Å². The number of esters is 2. The van der Waals surface area contributed by atoms with Gasteiger partial charge in [0.2, 0.25) is 11.8 Å². The van der Waals surface area contributed by atoms with Crippen LogP contribution in [-0.4, -0.2) is 82.4 Å². The highest BCUT2D eigenvalue weighted by Gasteiger charge is 2.57. The molecule has 538 valence electrons.